The van der Waals surface area contributed by atoms with E-state index in [1.54, 1.807) is 24.3 Å². The Hall–Kier alpha value is -3.81. The van der Waals surface area contributed by atoms with E-state index in [4.69, 9.17) is 0 Å². The number of aromatic hydroxyl groups is 1. The molecule has 0 amide bonds. The Labute approximate surface area is 147 Å². The molecule has 0 fully saturated rings. The van der Waals surface area contributed by atoms with Crippen LogP contribution in [-0.2, 0) is 7.05 Å². The van der Waals surface area contributed by atoms with Gasteiger partial charge in [-0.3, -0.25) is 9.36 Å². The number of nitrogens with zero attached hydrogens (tertiary/aromatic N) is 5. The summed E-state index contributed by atoms with van der Waals surface area (Å²) in [6, 6.07) is 15.4. The van der Waals surface area contributed by atoms with Crippen LogP contribution in [0.15, 0.2) is 64.2 Å². The van der Waals surface area contributed by atoms with Crippen molar-refractivity contribution in [3.8, 4) is 34.3 Å². The first-order chi connectivity index (χ1) is 12.5. The fourth-order valence-corrected chi connectivity index (χ4v) is 2.56. The third-order valence-corrected chi connectivity index (χ3v) is 3.95. The number of hydrogen-bond acceptors (Lipinski definition) is 6. The molecule has 2 aromatic carbocycles. The maximum absolute atomic E-state index is 12.5. The summed E-state index contributed by atoms with van der Waals surface area (Å²) in [7, 11) is 1.35. The highest BCUT2D eigenvalue weighted by Gasteiger charge is 2.21. The quantitative estimate of drug-likeness (QED) is 0.584. The summed E-state index contributed by atoms with van der Waals surface area (Å²) >= 11 is 0. The van der Waals surface area contributed by atoms with E-state index >= 15 is 0 Å². The summed E-state index contributed by atoms with van der Waals surface area (Å²) in [6.45, 7) is 0. The van der Waals surface area contributed by atoms with E-state index in [1.807, 2.05) is 18.2 Å². The second-order valence-corrected chi connectivity index (χ2v) is 5.66. The van der Waals surface area contributed by atoms with Gasteiger partial charge in [-0.25, -0.2) is 14.5 Å². The minimum Gasteiger partial charge on any atom is -0.508 e. The maximum Gasteiger partial charge on any atom is 0.352 e. The van der Waals surface area contributed by atoms with Crippen LogP contribution in [-0.4, -0.2) is 29.4 Å². The van der Waals surface area contributed by atoms with E-state index in [1.165, 1.54) is 23.9 Å². The van der Waals surface area contributed by atoms with Crippen LogP contribution in [0.25, 0.3) is 28.6 Å². The zero-order valence-corrected chi connectivity index (χ0v) is 13.7. The Morgan fingerprint density at radius 1 is 0.923 bits per heavy atom. The molecule has 0 saturated heterocycles. The SMILES string of the molecule is Cn1c(=O)nc2n(-c3ccccc3)nc(-c3ccc(O)cc3)nc-2c1=O. The fraction of sp³-hybridized carbons (Fsp3) is 0.0556. The van der Waals surface area contributed by atoms with Crippen LogP contribution in [0.2, 0.25) is 0 Å². The molecule has 0 radical (unpaired) electrons. The van der Waals surface area contributed by atoms with Gasteiger partial charge in [-0.2, -0.15) is 4.98 Å². The fourth-order valence-electron chi connectivity index (χ4n) is 2.56. The number of hydrogen-bond donors (Lipinski definition) is 1. The minimum absolute atomic E-state index is 0.0361. The first-order valence-corrected chi connectivity index (χ1v) is 7.77. The summed E-state index contributed by atoms with van der Waals surface area (Å²) in [5.41, 5.74) is 0.0667. The lowest BCUT2D eigenvalue weighted by Crippen LogP contribution is -2.37. The number of para-hydroxylation sites is 1. The molecule has 0 unspecified atom stereocenters. The molecule has 0 aromatic heterocycles. The predicted molar refractivity (Wildman–Crippen MR) is 94.4 cm³/mol. The molecule has 2 aliphatic heterocycles. The van der Waals surface area contributed by atoms with Gasteiger partial charge in [0.15, 0.2) is 17.3 Å². The van der Waals surface area contributed by atoms with Gasteiger partial charge in [-0.05, 0) is 36.4 Å². The van der Waals surface area contributed by atoms with Crippen LogP contribution >= 0.6 is 0 Å². The molecule has 128 valence electrons. The Bertz CT molecular complexity index is 1180. The van der Waals surface area contributed by atoms with E-state index < -0.39 is 11.2 Å². The van der Waals surface area contributed by atoms with Crippen LogP contribution in [0.5, 0.6) is 5.75 Å². The lowest BCUT2D eigenvalue weighted by molar-refractivity contribution is 0.475. The zero-order valence-electron chi connectivity index (χ0n) is 13.7. The number of aromatic nitrogens is 5. The van der Waals surface area contributed by atoms with E-state index in [-0.39, 0.29) is 23.1 Å². The number of phenolic OH excluding ortho intramolecular Hbond substituents is 1. The highest BCUT2D eigenvalue weighted by Crippen LogP contribution is 2.23. The van der Waals surface area contributed by atoms with Gasteiger partial charge in [-0.1, -0.05) is 18.2 Å². The van der Waals surface area contributed by atoms with Crippen molar-refractivity contribution in [2.75, 3.05) is 0 Å². The molecule has 0 aliphatic carbocycles. The van der Waals surface area contributed by atoms with Gasteiger partial charge in [0, 0.05) is 12.6 Å². The topological polar surface area (TPSA) is 103 Å². The molecule has 0 spiro atoms. The van der Waals surface area contributed by atoms with Gasteiger partial charge >= 0.3 is 5.69 Å². The van der Waals surface area contributed by atoms with E-state index in [0.717, 1.165) is 4.57 Å². The summed E-state index contributed by atoms with van der Waals surface area (Å²) in [5.74, 6) is 0.477. The van der Waals surface area contributed by atoms with Gasteiger partial charge in [0.1, 0.15) is 5.75 Å². The highest BCUT2D eigenvalue weighted by atomic mass is 16.3. The second kappa shape index (κ2) is 5.92. The molecule has 0 bridgehead atoms. The van der Waals surface area contributed by atoms with Crippen molar-refractivity contribution in [2.45, 2.75) is 0 Å². The van der Waals surface area contributed by atoms with Crippen molar-refractivity contribution in [3.63, 3.8) is 0 Å². The van der Waals surface area contributed by atoms with Crippen molar-refractivity contribution >= 4 is 0 Å². The number of fused-ring (bicyclic) bond motifs is 1. The number of phenols is 1. The predicted octanol–water partition coefficient (Wildman–Crippen LogP) is 1.20. The molecule has 8 nitrogen and oxygen atoms in total. The van der Waals surface area contributed by atoms with Crippen molar-refractivity contribution in [2.24, 2.45) is 7.05 Å². The molecule has 2 aromatic rings. The molecule has 2 aliphatic rings. The Morgan fingerprint density at radius 2 is 1.62 bits per heavy atom. The average molecular weight is 347 g/mol. The monoisotopic (exact) mass is 347 g/mol. The van der Waals surface area contributed by atoms with Gasteiger partial charge < -0.3 is 5.11 Å². The van der Waals surface area contributed by atoms with E-state index in [9.17, 15) is 14.7 Å². The lowest BCUT2D eigenvalue weighted by Gasteiger charge is -2.14. The van der Waals surface area contributed by atoms with Crippen molar-refractivity contribution in [1.29, 1.82) is 0 Å². The smallest absolute Gasteiger partial charge is 0.352 e. The third-order valence-electron chi connectivity index (χ3n) is 3.95. The van der Waals surface area contributed by atoms with E-state index in [0.29, 0.717) is 11.3 Å². The summed E-state index contributed by atoms with van der Waals surface area (Å²) in [4.78, 5) is 32.8. The summed E-state index contributed by atoms with van der Waals surface area (Å²) in [6.07, 6.45) is 0. The Balaban J connectivity index is 2.09. The maximum atomic E-state index is 12.5. The van der Waals surface area contributed by atoms with Crippen molar-refractivity contribution < 1.29 is 5.11 Å². The minimum atomic E-state index is -0.673. The largest absolute Gasteiger partial charge is 0.508 e. The van der Waals surface area contributed by atoms with Gasteiger partial charge in [0.25, 0.3) is 5.56 Å². The van der Waals surface area contributed by atoms with Crippen molar-refractivity contribution in [3.05, 3.63) is 75.4 Å². The summed E-state index contributed by atoms with van der Waals surface area (Å²) < 4.78 is 2.33. The van der Waals surface area contributed by atoms with E-state index in [2.05, 4.69) is 15.1 Å². The van der Waals surface area contributed by atoms with Crippen LogP contribution in [0.4, 0.5) is 0 Å². The van der Waals surface area contributed by atoms with Crippen LogP contribution in [0.1, 0.15) is 0 Å². The lowest BCUT2D eigenvalue weighted by atomic mass is 10.2. The first kappa shape index (κ1) is 15.7. The normalized spacial score (nSPS) is 11.0. The number of benzene rings is 2. The molecular formula is C18H13N5O3. The molecule has 8 heteroatoms. The third kappa shape index (κ3) is 2.53. The van der Waals surface area contributed by atoms with Crippen LogP contribution in [0.3, 0.4) is 0 Å². The van der Waals surface area contributed by atoms with Gasteiger partial charge in [0.05, 0.1) is 5.69 Å². The zero-order chi connectivity index (χ0) is 18.3. The number of rotatable bonds is 2. The molecular weight excluding hydrogens is 334 g/mol. The Morgan fingerprint density at radius 3 is 2.31 bits per heavy atom. The van der Waals surface area contributed by atoms with Crippen LogP contribution < -0.4 is 11.2 Å². The standard InChI is InChI=1S/C18H13N5O3/c1-22-17(25)14-16(20-18(22)26)23(12-5-3-2-4-6-12)21-15(19-14)11-7-9-13(24)10-8-11/h2-10,24H,1H3. The Kier molecular flexibility index (Phi) is 3.58. The molecule has 4 rings (SSSR count). The summed E-state index contributed by atoms with van der Waals surface area (Å²) in [5, 5.41) is 13.9. The van der Waals surface area contributed by atoms with Gasteiger partial charge in [0.2, 0.25) is 0 Å². The first-order valence-electron chi connectivity index (χ1n) is 7.77. The molecule has 0 saturated carbocycles. The second-order valence-electron chi connectivity index (χ2n) is 5.66. The average Bonchev–Trinajstić information content (AvgIpc) is 2.67. The molecule has 2 heterocycles. The highest BCUT2D eigenvalue weighted by molar-refractivity contribution is 5.61. The van der Waals surface area contributed by atoms with Crippen molar-refractivity contribution in [1.82, 2.24) is 24.3 Å². The van der Waals surface area contributed by atoms with Gasteiger partial charge in [-0.15, -0.1) is 5.10 Å². The molecule has 0 atom stereocenters. The molecule has 1 N–H and O–H groups in total. The van der Waals surface area contributed by atoms with Crippen LogP contribution in [0, 0.1) is 0 Å². The molecule has 26 heavy (non-hydrogen) atoms.